The average Bonchev–Trinajstić information content (AvgIpc) is 3.32. The lowest BCUT2D eigenvalue weighted by molar-refractivity contribution is -0.128. The third-order valence-corrected chi connectivity index (χ3v) is 5.71. The molecule has 9 heteroatoms. The van der Waals surface area contributed by atoms with Gasteiger partial charge in [0.25, 0.3) is 0 Å². The molecule has 7 nitrogen and oxygen atoms in total. The van der Waals surface area contributed by atoms with Crippen LogP contribution in [0.2, 0.25) is 5.02 Å². The largest absolute Gasteiger partial charge is 0.361 e. The number of aromatic amines is 1. The first kappa shape index (κ1) is 17.9. The molecule has 0 bridgehead atoms. The zero-order chi connectivity index (χ0) is 19.0. The number of nitrogens with zero attached hydrogens (tertiary/aromatic N) is 3. The second kappa shape index (κ2) is 7.28. The van der Waals surface area contributed by atoms with Gasteiger partial charge in [-0.2, -0.15) is 0 Å². The van der Waals surface area contributed by atoms with Gasteiger partial charge in [-0.1, -0.05) is 22.9 Å². The number of hydrogen-bond donors (Lipinski definition) is 2. The maximum absolute atomic E-state index is 12.4. The predicted octanol–water partition coefficient (Wildman–Crippen LogP) is 3.01. The molecular weight excluding hydrogens is 386 g/mol. The van der Waals surface area contributed by atoms with Crippen LogP contribution < -0.4 is 5.32 Å². The molecule has 3 heterocycles. The van der Waals surface area contributed by atoms with Gasteiger partial charge in [0.2, 0.25) is 16.9 Å². The minimum Gasteiger partial charge on any atom is -0.361 e. The molecule has 1 aromatic carbocycles. The molecule has 1 fully saturated rings. The molecule has 1 aliphatic rings. The van der Waals surface area contributed by atoms with Crippen LogP contribution in [-0.2, 0) is 16.0 Å². The number of carbonyl (C=O) groups is 2. The summed E-state index contributed by atoms with van der Waals surface area (Å²) in [4.78, 5) is 29.7. The van der Waals surface area contributed by atoms with Crippen molar-refractivity contribution in [3.05, 3.63) is 40.0 Å². The molecule has 0 radical (unpaired) electrons. The van der Waals surface area contributed by atoms with Crippen molar-refractivity contribution in [2.45, 2.75) is 19.8 Å². The molecule has 1 unspecified atom stereocenters. The highest BCUT2D eigenvalue weighted by Gasteiger charge is 2.34. The molecule has 2 amide bonds. The third kappa shape index (κ3) is 3.81. The van der Waals surface area contributed by atoms with E-state index in [0.717, 1.165) is 21.5 Å². The van der Waals surface area contributed by atoms with Gasteiger partial charge in [-0.05, 0) is 37.1 Å². The first-order valence-electron chi connectivity index (χ1n) is 8.64. The van der Waals surface area contributed by atoms with E-state index in [4.69, 9.17) is 11.6 Å². The van der Waals surface area contributed by atoms with Gasteiger partial charge in [0, 0.05) is 41.6 Å². The number of benzene rings is 1. The number of fused-ring (bicyclic) bond motifs is 1. The van der Waals surface area contributed by atoms with E-state index in [-0.39, 0.29) is 24.2 Å². The van der Waals surface area contributed by atoms with E-state index in [9.17, 15) is 9.59 Å². The first-order valence-corrected chi connectivity index (χ1v) is 9.83. The zero-order valence-corrected chi connectivity index (χ0v) is 16.2. The molecule has 27 heavy (non-hydrogen) atoms. The van der Waals surface area contributed by atoms with Gasteiger partial charge in [-0.25, -0.2) is 0 Å². The summed E-state index contributed by atoms with van der Waals surface area (Å²) in [5, 5.41) is 13.5. The number of carbonyl (C=O) groups excluding carboxylic acids is 2. The molecule has 1 saturated heterocycles. The fourth-order valence-electron chi connectivity index (χ4n) is 3.33. The molecule has 2 aromatic heterocycles. The van der Waals surface area contributed by atoms with E-state index in [0.29, 0.717) is 29.7 Å². The number of rotatable bonds is 5. The number of anilines is 1. The number of halogens is 1. The van der Waals surface area contributed by atoms with Crippen LogP contribution in [0, 0.1) is 12.8 Å². The van der Waals surface area contributed by atoms with E-state index in [1.54, 1.807) is 4.90 Å². The van der Waals surface area contributed by atoms with E-state index in [2.05, 4.69) is 20.5 Å². The van der Waals surface area contributed by atoms with Crippen molar-refractivity contribution >= 4 is 50.8 Å². The molecule has 0 spiro atoms. The number of aryl methyl sites for hydroxylation is 1. The Hall–Kier alpha value is -2.45. The summed E-state index contributed by atoms with van der Waals surface area (Å²) in [6, 6.07) is 5.71. The standard InChI is InChI=1S/C18H18ClN5O2S/c1-10-22-23-18(27-10)21-17(26)12-6-16(25)24(9-12)5-4-11-8-20-15-3-2-13(19)7-14(11)15/h2-3,7-8,12,20H,4-6,9H2,1H3,(H,21,23,26). The number of H-pyrrole nitrogens is 1. The molecule has 0 saturated carbocycles. The van der Waals surface area contributed by atoms with Gasteiger partial charge in [-0.15, -0.1) is 10.2 Å². The Bertz CT molecular complexity index is 1010. The summed E-state index contributed by atoms with van der Waals surface area (Å²) in [5.74, 6) is -0.540. The maximum Gasteiger partial charge on any atom is 0.231 e. The van der Waals surface area contributed by atoms with Crippen LogP contribution in [0.3, 0.4) is 0 Å². The van der Waals surface area contributed by atoms with Crippen LogP contribution in [0.5, 0.6) is 0 Å². The fourth-order valence-corrected chi connectivity index (χ4v) is 4.10. The highest BCUT2D eigenvalue weighted by molar-refractivity contribution is 7.15. The van der Waals surface area contributed by atoms with Gasteiger partial charge in [0.15, 0.2) is 0 Å². The van der Waals surface area contributed by atoms with Crippen LogP contribution >= 0.6 is 22.9 Å². The van der Waals surface area contributed by atoms with E-state index < -0.39 is 0 Å². The first-order chi connectivity index (χ1) is 13.0. The summed E-state index contributed by atoms with van der Waals surface area (Å²) in [6.45, 7) is 2.82. The van der Waals surface area contributed by atoms with Gasteiger partial charge in [0.05, 0.1) is 5.92 Å². The minimum atomic E-state index is -0.362. The van der Waals surface area contributed by atoms with Crippen LogP contribution in [0.4, 0.5) is 5.13 Å². The summed E-state index contributed by atoms with van der Waals surface area (Å²) >= 11 is 7.41. The second-order valence-corrected chi connectivity index (χ2v) is 8.23. The van der Waals surface area contributed by atoms with Crippen molar-refractivity contribution in [2.75, 3.05) is 18.4 Å². The lowest BCUT2D eigenvalue weighted by atomic mass is 10.1. The molecular formula is C18H18ClN5O2S. The van der Waals surface area contributed by atoms with Crippen molar-refractivity contribution in [2.24, 2.45) is 5.92 Å². The molecule has 4 rings (SSSR count). The topological polar surface area (TPSA) is 91.0 Å². The number of aromatic nitrogens is 3. The molecule has 140 valence electrons. The van der Waals surface area contributed by atoms with Crippen LogP contribution in [0.25, 0.3) is 10.9 Å². The van der Waals surface area contributed by atoms with Crippen LogP contribution in [0.15, 0.2) is 24.4 Å². The highest BCUT2D eigenvalue weighted by Crippen LogP contribution is 2.25. The zero-order valence-electron chi connectivity index (χ0n) is 14.7. The quantitative estimate of drug-likeness (QED) is 0.685. The smallest absolute Gasteiger partial charge is 0.231 e. The van der Waals surface area contributed by atoms with Crippen molar-refractivity contribution in [3.63, 3.8) is 0 Å². The van der Waals surface area contributed by atoms with Crippen LogP contribution in [0.1, 0.15) is 17.0 Å². The lowest BCUT2D eigenvalue weighted by Crippen LogP contribution is -2.30. The maximum atomic E-state index is 12.4. The Morgan fingerprint density at radius 2 is 2.30 bits per heavy atom. The fraction of sp³-hybridized carbons (Fsp3) is 0.333. The number of hydrogen-bond acceptors (Lipinski definition) is 5. The van der Waals surface area contributed by atoms with Gasteiger partial charge in [0.1, 0.15) is 5.01 Å². The molecule has 0 aliphatic carbocycles. The Morgan fingerprint density at radius 3 is 3.07 bits per heavy atom. The lowest BCUT2D eigenvalue weighted by Gasteiger charge is -2.16. The summed E-state index contributed by atoms with van der Waals surface area (Å²) in [5.41, 5.74) is 2.13. The Kier molecular flexibility index (Phi) is 4.84. The van der Waals surface area contributed by atoms with Crippen molar-refractivity contribution < 1.29 is 9.59 Å². The van der Waals surface area contributed by atoms with Crippen LogP contribution in [-0.4, -0.2) is 45.0 Å². The van der Waals surface area contributed by atoms with Crippen molar-refractivity contribution in [1.29, 1.82) is 0 Å². The Balaban J connectivity index is 1.37. The number of amides is 2. The van der Waals surface area contributed by atoms with E-state index >= 15 is 0 Å². The van der Waals surface area contributed by atoms with Gasteiger partial charge in [-0.3, -0.25) is 9.59 Å². The van der Waals surface area contributed by atoms with Crippen molar-refractivity contribution in [1.82, 2.24) is 20.1 Å². The number of likely N-dealkylation sites (tertiary alicyclic amines) is 1. The molecule has 3 aromatic rings. The third-order valence-electron chi connectivity index (χ3n) is 4.72. The number of nitrogens with one attached hydrogen (secondary N) is 2. The Morgan fingerprint density at radius 1 is 1.44 bits per heavy atom. The second-order valence-electron chi connectivity index (χ2n) is 6.61. The SMILES string of the molecule is Cc1nnc(NC(=O)C2CC(=O)N(CCc3c[nH]c4ccc(Cl)cc34)C2)s1. The highest BCUT2D eigenvalue weighted by atomic mass is 35.5. The van der Waals surface area contributed by atoms with Gasteiger partial charge < -0.3 is 15.2 Å². The van der Waals surface area contributed by atoms with Crippen molar-refractivity contribution in [3.8, 4) is 0 Å². The summed E-state index contributed by atoms with van der Waals surface area (Å²) in [7, 11) is 0. The monoisotopic (exact) mass is 403 g/mol. The average molecular weight is 404 g/mol. The molecule has 1 aliphatic heterocycles. The van der Waals surface area contributed by atoms with E-state index in [1.165, 1.54) is 11.3 Å². The normalized spacial score (nSPS) is 17.0. The Labute approximate surface area is 164 Å². The summed E-state index contributed by atoms with van der Waals surface area (Å²) < 4.78 is 0. The predicted molar refractivity (Wildman–Crippen MR) is 105 cm³/mol. The minimum absolute atomic E-state index is 0.00136. The molecule has 1 atom stereocenters. The van der Waals surface area contributed by atoms with Gasteiger partial charge >= 0.3 is 0 Å². The summed E-state index contributed by atoms with van der Waals surface area (Å²) in [6.07, 6.45) is 2.88. The van der Waals surface area contributed by atoms with E-state index in [1.807, 2.05) is 31.3 Å². The molecule has 2 N–H and O–H groups in total.